The van der Waals surface area contributed by atoms with Crippen molar-refractivity contribution >= 4 is 15.9 Å². The third kappa shape index (κ3) is 5.54. The van der Waals surface area contributed by atoms with E-state index in [0.717, 1.165) is 5.56 Å². The molecule has 0 spiro atoms. The van der Waals surface area contributed by atoms with Crippen molar-refractivity contribution in [1.29, 1.82) is 0 Å². The normalized spacial score (nSPS) is 12.3. The molecule has 0 saturated carbocycles. The maximum atomic E-state index is 13.3. The Morgan fingerprint density at radius 2 is 1.73 bits per heavy atom. The number of sulfonamides is 1. The smallest absolute Gasteiger partial charge is 0.246 e. The summed E-state index contributed by atoms with van der Waals surface area (Å²) in [6, 6.07) is 13.2. The number of hydrogen-bond donors (Lipinski definition) is 0. The number of carbonyl (C=O) groups excluding carboxylic acids is 1. The van der Waals surface area contributed by atoms with Crippen LogP contribution in [0.25, 0.3) is 0 Å². The van der Waals surface area contributed by atoms with Gasteiger partial charge in [-0.2, -0.15) is 9.40 Å². The third-order valence-electron chi connectivity index (χ3n) is 5.52. The molecule has 1 amide bonds. The van der Waals surface area contributed by atoms with Gasteiger partial charge in [-0.05, 0) is 52.3 Å². The summed E-state index contributed by atoms with van der Waals surface area (Å²) in [7, 11) is -2.32. The van der Waals surface area contributed by atoms with Crippen molar-refractivity contribution in [3.05, 3.63) is 71.4 Å². The Balaban J connectivity index is 1.85. The van der Waals surface area contributed by atoms with Crippen molar-refractivity contribution in [2.24, 2.45) is 0 Å². The highest BCUT2D eigenvalue weighted by molar-refractivity contribution is 7.89. The summed E-state index contributed by atoms with van der Waals surface area (Å²) < 4.78 is 34.5. The highest BCUT2D eigenvalue weighted by Gasteiger charge is 2.31. The Labute approximate surface area is 195 Å². The average molecular weight is 473 g/mol. The Bertz CT molecular complexity index is 1190. The molecule has 0 aliphatic carbocycles. The van der Waals surface area contributed by atoms with Crippen LogP contribution < -0.4 is 0 Å². The van der Waals surface area contributed by atoms with Gasteiger partial charge in [0.15, 0.2) is 0 Å². The molecule has 8 nitrogen and oxygen atoms in total. The molecule has 178 valence electrons. The highest BCUT2D eigenvalue weighted by atomic mass is 32.2. The average Bonchev–Trinajstić information content (AvgIpc) is 3.33. The number of rotatable bonds is 8. The Morgan fingerprint density at radius 1 is 1.06 bits per heavy atom. The summed E-state index contributed by atoms with van der Waals surface area (Å²) in [6.45, 7) is 9.78. The van der Waals surface area contributed by atoms with E-state index in [2.05, 4.69) is 5.10 Å². The Hall–Kier alpha value is -2.91. The molecule has 3 aromatic rings. The van der Waals surface area contributed by atoms with Crippen LogP contribution in [0.15, 0.2) is 58.0 Å². The minimum absolute atomic E-state index is 0.0474. The second kappa shape index (κ2) is 9.52. The molecule has 0 bridgehead atoms. The van der Waals surface area contributed by atoms with Crippen LogP contribution in [-0.4, -0.2) is 45.9 Å². The lowest BCUT2D eigenvalue weighted by molar-refractivity contribution is -0.137. The molecule has 0 aliphatic heterocycles. The molecule has 2 aromatic heterocycles. The van der Waals surface area contributed by atoms with Crippen LogP contribution in [0.4, 0.5) is 0 Å². The molecule has 2 heterocycles. The fourth-order valence-corrected chi connectivity index (χ4v) is 5.25. The van der Waals surface area contributed by atoms with E-state index in [4.69, 9.17) is 4.42 Å². The molecule has 1 aromatic carbocycles. The molecule has 33 heavy (non-hydrogen) atoms. The van der Waals surface area contributed by atoms with Gasteiger partial charge in [-0.25, -0.2) is 8.42 Å². The van der Waals surface area contributed by atoms with Gasteiger partial charge in [0, 0.05) is 19.1 Å². The maximum absolute atomic E-state index is 13.3. The van der Waals surface area contributed by atoms with Crippen LogP contribution in [0.1, 0.15) is 43.5 Å². The number of aryl methyl sites for hydroxylation is 1. The Kier molecular flexibility index (Phi) is 7.14. The van der Waals surface area contributed by atoms with Crippen molar-refractivity contribution in [3.63, 3.8) is 0 Å². The fraction of sp³-hybridized carbons (Fsp3) is 0.417. The van der Waals surface area contributed by atoms with Gasteiger partial charge in [0.05, 0.1) is 24.2 Å². The van der Waals surface area contributed by atoms with E-state index in [1.165, 1.54) is 22.3 Å². The van der Waals surface area contributed by atoms with Crippen LogP contribution in [0.3, 0.4) is 0 Å². The molecule has 9 heteroatoms. The number of hydrogen-bond acceptors (Lipinski definition) is 5. The van der Waals surface area contributed by atoms with E-state index in [-0.39, 0.29) is 23.9 Å². The summed E-state index contributed by atoms with van der Waals surface area (Å²) in [5.41, 5.74) is 1.40. The van der Waals surface area contributed by atoms with Gasteiger partial charge in [0.2, 0.25) is 15.9 Å². The van der Waals surface area contributed by atoms with E-state index in [1.807, 2.05) is 51.1 Å². The first-order valence-corrected chi connectivity index (χ1v) is 12.2. The van der Waals surface area contributed by atoms with Gasteiger partial charge in [-0.3, -0.25) is 9.48 Å². The molecule has 0 radical (unpaired) electrons. The standard InChI is InChI=1S/C24H32N4O4S/c1-18-23(33(30,31)26(6)16-21-13-10-14-32-21)19(2)28(25-18)17-22(29)27(24(3,4)5)15-20-11-8-7-9-12-20/h7-14H,15-17H2,1-6H3. The van der Waals surface area contributed by atoms with Gasteiger partial charge in [-0.1, -0.05) is 30.3 Å². The van der Waals surface area contributed by atoms with Crippen molar-refractivity contribution < 1.29 is 17.6 Å². The minimum Gasteiger partial charge on any atom is -0.468 e. The van der Waals surface area contributed by atoms with Gasteiger partial charge in [-0.15, -0.1) is 0 Å². The molecular formula is C24H32N4O4S. The quantitative estimate of drug-likeness (QED) is 0.498. The first-order chi connectivity index (χ1) is 15.4. The minimum atomic E-state index is -3.82. The van der Waals surface area contributed by atoms with Crippen LogP contribution in [-0.2, 0) is 34.5 Å². The molecule has 0 aliphatic rings. The molecule has 3 rings (SSSR count). The number of furan rings is 1. The van der Waals surface area contributed by atoms with E-state index >= 15 is 0 Å². The lowest BCUT2D eigenvalue weighted by Gasteiger charge is -2.36. The second-order valence-electron chi connectivity index (χ2n) is 9.13. The lowest BCUT2D eigenvalue weighted by Crippen LogP contribution is -2.46. The van der Waals surface area contributed by atoms with E-state index < -0.39 is 15.6 Å². The predicted octanol–water partition coefficient (Wildman–Crippen LogP) is 3.74. The number of aromatic nitrogens is 2. The summed E-state index contributed by atoms with van der Waals surface area (Å²) in [5, 5.41) is 4.41. The zero-order valence-electron chi connectivity index (χ0n) is 20.1. The molecule has 0 unspecified atom stereocenters. The second-order valence-corrected chi connectivity index (χ2v) is 11.1. The SMILES string of the molecule is Cc1nn(CC(=O)N(Cc2ccccc2)C(C)(C)C)c(C)c1S(=O)(=O)N(C)Cc1ccco1. The first kappa shape index (κ1) is 24.7. The number of amides is 1. The zero-order valence-corrected chi connectivity index (χ0v) is 20.9. The highest BCUT2D eigenvalue weighted by Crippen LogP contribution is 2.25. The van der Waals surface area contributed by atoms with Gasteiger partial charge < -0.3 is 9.32 Å². The number of nitrogens with zero attached hydrogens (tertiary/aromatic N) is 4. The zero-order chi connectivity index (χ0) is 24.4. The largest absolute Gasteiger partial charge is 0.468 e. The monoisotopic (exact) mass is 472 g/mol. The van der Waals surface area contributed by atoms with E-state index in [1.54, 1.807) is 30.9 Å². The van der Waals surface area contributed by atoms with Gasteiger partial charge in [0.25, 0.3) is 0 Å². The summed E-state index contributed by atoms with van der Waals surface area (Å²) in [4.78, 5) is 15.2. The van der Waals surface area contributed by atoms with Crippen molar-refractivity contribution in [2.75, 3.05) is 7.05 Å². The predicted molar refractivity (Wildman–Crippen MR) is 126 cm³/mol. The van der Waals surface area contributed by atoms with Crippen molar-refractivity contribution in [3.8, 4) is 0 Å². The van der Waals surface area contributed by atoms with Crippen LogP contribution in [0.5, 0.6) is 0 Å². The lowest BCUT2D eigenvalue weighted by atomic mass is 10.0. The number of benzene rings is 1. The molecule has 0 atom stereocenters. The van der Waals surface area contributed by atoms with Crippen molar-refractivity contribution in [1.82, 2.24) is 19.0 Å². The molecule has 0 saturated heterocycles. The fourth-order valence-electron chi connectivity index (χ4n) is 3.75. The third-order valence-corrected chi connectivity index (χ3v) is 7.58. The van der Waals surface area contributed by atoms with Crippen molar-refractivity contribution in [2.45, 2.75) is 64.7 Å². The summed E-state index contributed by atoms with van der Waals surface area (Å²) >= 11 is 0. The molecular weight excluding hydrogens is 440 g/mol. The van der Waals surface area contributed by atoms with E-state index in [9.17, 15) is 13.2 Å². The maximum Gasteiger partial charge on any atom is 0.246 e. The summed E-state index contributed by atoms with van der Waals surface area (Å²) in [5.74, 6) is 0.408. The van der Waals surface area contributed by atoms with Crippen LogP contribution in [0.2, 0.25) is 0 Å². The molecule has 0 N–H and O–H groups in total. The van der Waals surface area contributed by atoms with Crippen LogP contribution >= 0.6 is 0 Å². The molecule has 0 fully saturated rings. The van der Waals surface area contributed by atoms with Crippen LogP contribution in [0, 0.1) is 13.8 Å². The Morgan fingerprint density at radius 3 is 2.30 bits per heavy atom. The number of carbonyl (C=O) groups is 1. The summed E-state index contributed by atoms with van der Waals surface area (Å²) in [6.07, 6.45) is 1.51. The topological polar surface area (TPSA) is 88.7 Å². The van der Waals surface area contributed by atoms with E-state index in [0.29, 0.717) is 23.7 Å². The van der Waals surface area contributed by atoms with Gasteiger partial charge in [0.1, 0.15) is 17.2 Å². The van der Waals surface area contributed by atoms with Gasteiger partial charge >= 0.3 is 0 Å². The first-order valence-electron chi connectivity index (χ1n) is 10.8.